The zero-order chi connectivity index (χ0) is 26.8. The van der Waals surface area contributed by atoms with Gasteiger partial charge in [0.1, 0.15) is 0 Å². The van der Waals surface area contributed by atoms with Crippen molar-refractivity contribution in [2.24, 2.45) is 16.3 Å². The van der Waals surface area contributed by atoms with Crippen LogP contribution < -0.4 is 0 Å². The van der Waals surface area contributed by atoms with Gasteiger partial charge in [-0.2, -0.15) is 13.2 Å². The maximum absolute atomic E-state index is 14.3. The van der Waals surface area contributed by atoms with Crippen molar-refractivity contribution in [3.63, 3.8) is 0 Å². The number of likely N-dealkylation sites (tertiary alicyclic amines) is 1. The molecule has 1 saturated carbocycles. The van der Waals surface area contributed by atoms with Crippen LogP contribution in [-0.4, -0.2) is 85.5 Å². The number of hydrogen-bond donors (Lipinski definition) is 1. The summed E-state index contributed by atoms with van der Waals surface area (Å²) in [4.78, 5) is 40.4. The van der Waals surface area contributed by atoms with Crippen molar-refractivity contribution in [1.29, 1.82) is 0 Å². The molecule has 0 bridgehead atoms. The molecule has 1 aromatic rings. The van der Waals surface area contributed by atoms with E-state index in [2.05, 4.69) is 14.9 Å². The highest BCUT2D eigenvalue weighted by Gasteiger charge is 2.61. The lowest BCUT2D eigenvalue weighted by Crippen LogP contribution is -2.52. The van der Waals surface area contributed by atoms with Crippen LogP contribution in [0.4, 0.5) is 18.0 Å². The summed E-state index contributed by atoms with van der Waals surface area (Å²) in [6.07, 6.45) is -3.32. The molecule has 202 valence electrons. The van der Waals surface area contributed by atoms with Crippen LogP contribution in [0.15, 0.2) is 17.3 Å². The number of halogens is 3. The predicted molar refractivity (Wildman–Crippen MR) is 133 cm³/mol. The van der Waals surface area contributed by atoms with Crippen molar-refractivity contribution in [2.45, 2.75) is 64.3 Å². The van der Waals surface area contributed by atoms with Crippen LogP contribution in [0.1, 0.15) is 50.4 Å². The third-order valence-electron chi connectivity index (χ3n) is 8.07. The molecule has 0 spiro atoms. The van der Waals surface area contributed by atoms with Crippen molar-refractivity contribution < 1.29 is 27.9 Å². The number of hydrogen-bond acceptors (Lipinski definition) is 6. The second-order valence-electron chi connectivity index (χ2n) is 11.5. The minimum Gasteiger partial charge on any atom is -0.465 e. The summed E-state index contributed by atoms with van der Waals surface area (Å²) in [5.74, 6) is 0.724. The van der Waals surface area contributed by atoms with Gasteiger partial charge in [-0.1, -0.05) is 11.8 Å². The first-order chi connectivity index (χ1) is 17.3. The Morgan fingerprint density at radius 1 is 1.27 bits per heavy atom. The normalized spacial score (nSPS) is 27.7. The van der Waals surface area contributed by atoms with Crippen LogP contribution in [0.5, 0.6) is 0 Å². The predicted octanol–water partition coefficient (Wildman–Crippen LogP) is 3.95. The summed E-state index contributed by atoms with van der Waals surface area (Å²) >= 11 is 1.67. The molecule has 1 N–H and O–H groups in total. The van der Waals surface area contributed by atoms with E-state index >= 15 is 0 Å². The average molecular weight is 540 g/mol. The number of rotatable bonds is 2. The van der Waals surface area contributed by atoms with Crippen molar-refractivity contribution in [3.05, 3.63) is 29.1 Å². The van der Waals surface area contributed by atoms with Gasteiger partial charge >= 0.3 is 12.3 Å². The first-order valence-corrected chi connectivity index (χ1v) is 13.6. The van der Waals surface area contributed by atoms with Gasteiger partial charge in [0, 0.05) is 61.8 Å². The van der Waals surface area contributed by atoms with Crippen LogP contribution in [0.2, 0.25) is 0 Å². The van der Waals surface area contributed by atoms with Crippen LogP contribution in [0, 0.1) is 11.3 Å². The lowest BCUT2D eigenvalue weighted by Gasteiger charge is -2.40. The molecule has 1 aliphatic carbocycles. The Hall–Kier alpha value is -2.50. The molecule has 1 aromatic heterocycles. The van der Waals surface area contributed by atoms with E-state index in [9.17, 15) is 27.9 Å². The number of carbonyl (C=O) groups is 2. The lowest BCUT2D eigenvalue weighted by atomic mass is 9.78. The fourth-order valence-electron chi connectivity index (χ4n) is 6.59. The molecule has 4 aliphatic rings. The smallest absolute Gasteiger partial charge is 0.417 e. The van der Waals surface area contributed by atoms with Crippen LogP contribution in [0.25, 0.3) is 0 Å². The molecule has 2 fully saturated rings. The van der Waals surface area contributed by atoms with Gasteiger partial charge in [-0.3, -0.25) is 14.8 Å². The largest absolute Gasteiger partial charge is 0.465 e. The Morgan fingerprint density at radius 3 is 2.65 bits per heavy atom. The Bertz CT molecular complexity index is 1140. The van der Waals surface area contributed by atoms with E-state index in [4.69, 9.17) is 0 Å². The minimum absolute atomic E-state index is 0.0702. The van der Waals surface area contributed by atoms with Crippen molar-refractivity contribution >= 4 is 28.9 Å². The van der Waals surface area contributed by atoms with Gasteiger partial charge in [0.2, 0.25) is 5.91 Å². The summed E-state index contributed by atoms with van der Waals surface area (Å²) in [5, 5.41) is 11.0. The second-order valence-corrected chi connectivity index (χ2v) is 12.5. The Morgan fingerprint density at radius 2 is 2.03 bits per heavy atom. The Kier molecular flexibility index (Phi) is 6.39. The number of amides is 2. The summed E-state index contributed by atoms with van der Waals surface area (Å²) in [7, 11) is 0. The standard InChI is InChI=1S/C25H32F3N5O3S/c1-23(2,3)33(22(35)36)18-9-17-13-32(21-29-5-7-37-21)14-24(17,10-18)20(34)31-6-4-19-15(12-31)8-16(11-30-19)25(26,27)28/h8,11,17-18H,4-7,9-10,12-14H2,1-3H3,(H,35,36)/t17-,18+,24-/m0/s1. The van der Waals surface area contributed by atoms with Gasteiger partial charge in [-0.25, -0.2) is 4.79 Å². The molecule has 8 nitrogen and oxygen atoms in total. The van der Waals surface area contributed by atoms with E-state index in [1.807, 2.05) is 20.8 Å². The lowest BCUT2D eigenvalue weighted by molar-refractivity contribution is -0.144. The van der Waals surface area contributed by atoms with Gasteiger partial charge in [0.05, 0.1) is 17.5 Å². The third-order valence-corrected chi connectivity index (χ3v) is 9.10. The number of aromatic nitrogens is 1. The molecule has 0 radical (unpaired) electrons. The molecule has 3 aliphatic heterocycles. The van der Waals surface area contributed by atoms with Gasteiger partial charge in [-0.05, 0) is 51.2 Å². The molecule has 4 heterocycles. The number of pyridine rings is 1. The van der Waals surface area contributed by atoms with Crippen LogP contribution >= 0.6 is 11.8 Å². The number of carbonyl (C=O) groups excluding carboxylic acids is 1. The van der Waals surface area contributed by atoms with E-state index in [1.165, 1.54) is 4.90 Å². The fourth-order valence-corrected chi connectivity index (χ4v) is 7.46. The van der Waals surface area contributed by atoms with E-state index < -0.39 is 28.8 Å². The Balaban J connectivity index is 1.45. The van der Waals surface area contributed by atoms with Gasteiger partial charge in [0.25, 0.3) is 0 Å². The van der Waals surface area contributed by atoms with Crippen molar-refractivity contribution in [3.8, 4) is 0 Å². The number of fused-ring (bicyclic) bond motifs is 2. The highest BCUT2D eigenvalue weighted by molar-refractivity contribution is 8.14. The topological polar surface area (TPSA) is 89.3 Å². The zero-order valence-corrected chi connectivity index (χ0v) is 22.0. The van der Waals surface area contributed by atoms with E-state index in [-0.39, 0.29) is 24.4 Å². The zero-order valence-electron chi connectivity index (χ0n) is 21.2. The molecule has 0 unspecified atom stereocenters. The summed E-state index contributed by atoms with van der Waals surface area (Å²) in [6.45, 7) is 7.81. The second kappa shape index (κ2) is 9.06. The molecule has 2 amide bonds. The Labute approximate surface area is 218 Å². The molecular formula is C25H32F3N5O3S. The quantitative estimate of drug-likeness (QED) is 0.613. The third kappa shape index (κ3) is 4.66. The average Bonchev–Trinajstić information content (AvgIpc) is 3.51. The number of thioether (sulfide) groups is 1. The van der Waals surface area contributed by atoms with E-state index in [1.54, 1.807) is 16.7 Å². The van der Waals surface area contributed by atoms with Gasteiger partial charge < -0.3 is 19.8 Å². The van der Waals surface area contributed by atoms with Crippen molar-refractivity contribution in [1.82, 2.24) is 19.7 Å². The first-order valence-electron chi connectivity index (χ1n) is 12.6. The number of carboxylic acid groups (broad SMARTS) is 1. The highest BCUT2D eigenvalue weighted by Crippen LogP contribution is 2.53. The molecule has 0 aromatic carbocycles. The molecule has 37 heavy (non-hydrogen) atoms. The number of amidine groups is 1. The maximum atomic E-state index is 14.3. The van der Waals surface area contributed by atoms with Crippen LogP contribution in [0.3, 0.4) is 0 Å². The maximum Gasteiger partial charge on any atom is 0.417 e. The number of aliphatic imine (C=N–C) groups is 1. The van der Waals surface area contributed by atoms with E-state index in [0.29, 0.717) is 50.2 Å². The summed E-state index contributed by atoms with van der Waals surface area (Å²) < 4.78 is 39.9. The molecule has 5 rings (SSSR count). The molecule has 3 atom stereocenters. The molecule has 1 saturated heterocycles. The molecule has 12 heteroatoms. The monoisotopic (exact) mass is 539 g/mol. The number of nitrogens with zero attached hydrogens (tertiary/aromatic N) is 5. The minimum atomic E-state index is -4.50. The summed E-state index contributed by atoms with van der Waals surface area (Å²) in [6, 6.07) is 0.785. The highest BCUT2D eigenvalue weighted by atomic mass is 32.2. The van der Waals surface area contributed by atoms with Crippen molar-refractivity contribution in [2.75, 3.05) is 31.9 Å². The number of alkyl halides is 3. The first kappa shape index (κ1) is 26.1. The SMILES string of the molecule is CC(C)(C)N(C(=O)O)[C@@H]1C[C@H]2CN(C3=NCCS3)C[C@@]2(C(=O)N2CCc3ncc(C(F)(F)F)cc3C2)C1. The summed E-state index contributed by atoms with van der Waals surface area (Å²) in [5.41, 5.74) is -1.26. The van der Waals surface area contributed by atoms with Gasteiger partial charge in [-0.15, -0.1) is 0 Å². The van der Waals surface area contributed by atoms with Gasteiger partial charge in [0.15, 0.2) is 5.17 Å². The van der Waals surface area contributed by atoms with Crippen LogP contribution in [-0.2, 0) is 23.9 Å². The fraction of sp³-hybridized carbons (Fsp3) is 0.680. The molecular weight excluding hydrogens is 507 g/mol. The van der Waals surface area contributed by atoms with E-state index in [0.717, 1.165) is 29.7 Å².